The molecule has 0 aromatic rings. The third kappa shape index (κ3) is 14.4. The van der Waals surface area contributed by atoms with E-state index in [-0.39, 0.29) is 13.1 Å². The van der Waals surface area contributed by atoms with Crippen molar-refractivity contribution in [2.24, 2.45) is 16.8 Å². The summed E-state index contributed by atoms with van der Waals surface area (Å²) in [6.45, 7) is 3.52. The number of hydrogen-bond acceptors (Lipinski definition) is 10. The molecule has 0 aromatic heterocycles. The highest BCUT2D eigenvalue weighted by Gasteiger charge is 2.28. The molecule has 0 fully saturated rings. The minimum Gasteiger partial charge on any atom is -0.481 e. The Balaban J connectivity index is 0. The monoisotopic (exact) mass is 420 g/mol. The van der Waals surface area contributed by atoms with Gasteiger partial charge in [-0.2, -0.15) is 0 Å². The van der Waals surface area contributed by atoms with Gasteiger partial charge >= 0.3 is 30.0 Å². The second-order valence-corrected chi connectivity index (χ2v) is 5.51. The van der Waals surface area contributed by atoms with Crippen LogP contribution in [0.2, 0.25) is 0 Å². The summed E-state index contributed by atoms with van der Waals surface area (Å²) >= 11 is 0. The number of carboxylic acid groups (broad SMARTS) is 2. The van der Waals surface area contributed by atoms with Crippen LogP contribution in [0.1, 0.15) is 27.2 Å². The number of nitrogens with zero attached hydrogens (tertiary/aromatic N) is 1. The summed E-state index contributed by atoms with van der Waals surface area (Å²) in [7, 11) is 0. The van der Waals surface area contributed by atoms with Crippen LogP contribution < -0.4 is 5.32 Å². The van der Waals surface area contributed by atoms with Crippen molar-refractivity contribution in [3.8, 4) is 0 Å². The third-order valence-corrected chi connectivity index (χ3v) is 3.27. The van der Waals surface area contributed by atoms with E-state index >= 15 is 0 Å². The lowest BCUT2D eigenvalue weighted by Gasteiger charge is -2.14. The second-order valence-electron chi connectivity index (χ2n) is 5.51. The number of aliphatic carboxylic acids is 2. The van der Waals surface area contributed by atoms with E-state index in [4.69, 9.17) is 15.3 Å². The van der Waals surface area contributed by atoms with Crippen LogP contribution in [0.25, 0.3) is 0 Å². The molecular weight excluding hydrogens is 396 g/mol. The highest BCUT2D eigenvalue weighted by molar-refractivity contribution is 5.88. The molecule has 164 valence electrons. The Morgan fingerprint density at radius 3 is 2.07 bits per heavy atom. The van der Waals surface area contributed by atoms with E-state index in [0.717, 1.165) is 0 Å². The van der Waals surface area contributed by atoms with E-state index in [2.05, 4.69) is 19.8 Å². The molecule has 29 heavy (non-hydrogen) atoms. The highest BCUT2D eigenvalue weighted by Crippen LogP contribution is 2.12. The first-order valence-electron chi connectivity index (χ1n) is 8.26. The molecule has 13 heteroatoms. The highest BCUT2D eigenvalue weighted by atomic mass is 16.6. The topological polar surface area (TPSA) is 206 Å². The van der Waals surface area contributed by atoms with Crippen LogP contribution >= 0.6 is 0 Å². The van der Waals surface area contributed by atoms with Gasteiger partial charge in [0.1, 0.15) is 6.61 Å². The summed E-state index contributed by atoms with van der Waals surface area (Å²) in [4.78, 5) is 66.4. The lowest BCUT2D eigenvalue weighted by Crippen LogP contribution is -2.33. The number of carboxylic acids is 2. The van der Waals surface area contributed by atoms with Gasteiger partial charge in [0.15, 0.2) is 6.10 Å². The molecule has 0 aromatic carbocycles. The predicted octanol–water partition coefficient (Wildman–Crippen LogP) is -0.683. The molecule has 1 amide bonds. The van der Waals surface area contributed by atoms with Crippen LogP contribution in [0.15, 0.2) is 4.99 Å². The van der Waals surface area contributed by atoms with Crippen molar-refractivity contribution in [3.63, 3.8) is 0 Å². The van der Waals surface area contributed by atoms with E-state index in [1.54, 1.807) is 0 Å². The SMILES string of the molecule is CC(C(=O)O)C(C)C(=O)OC(=O)NCCCN=C=O.CC(OC(=O)CO)C(=O)O. The summed E-state index contributed by atoms with van der Waals surface area (Å²) < 4.78 is 8.60. The fourth-order valence-corrected chi connectivity index (χ4v) is 1.32. The van der Waals surface area contributed by atoms with Crippen molar-refractivity contribution in [3.05, 3.63) is 0 Å². The fraction of sp³-hybridized carbons (Fsp3) is 0.625. The molecule has 0 bridgehead atoms. The summed E-state index contributed by atoms with van der Waals surface area (Å²) in [5, 5.41) is 27.3. The Morgan fingerprint density at radius 1 is 1.03 bits per heavy atom. The van der Waals surface area contributed by atoms with Crippen LogP contribution in [-0.2, 0) is 33.4 Å². The molecular formula is C16H24N2O11. The van der Waals surface area contributed by atoms with Crippen LogP contribution in [0.3, 0.4) is 0 Å². The summed E-state index contributed by atoms with van der Waals surface area (Å²) in [6.07, 6.45) is -0.399. The third-order valence-electron chi connectivity index (χ3n) is 3.27. The maximum atomic E-state index is 11.4. The summed E-state index contributed by atoms with van der Waals surface area (Å²) in [5.41, 5.74) is 0. The minimum absolute atomic E-state index is 0.181. The van der Waals surface area contributed by atoms with Gasteiger partial charge in [0.05, 0.1) is 18.4 Å². The van der Waals surface area contributed by atoms with E-state index in [1.165, 1.54) is 26.9 Å². The number of aliphatic hydroxyl groups is 1. The fourth-order valence-electron chi connectivity index (χ4n) is 1.32. The summed E-state index contributed by atoms with van der Waals surface area (Å²) in [5.74, 6) is -6.09. The van der Waals surface area contributed by atoms with Crippen molar-refractivity contribution in [2.75, 3.05) is 19.7 Å². The van der Waals surface area contributed by atoms with Crippen molar-refractivity contribution < 1.29 is 53.6 Å². The smallest absolute Gasteiger partial charge is 0.414 e. The molecule has 0 radical (unpaired) electrons. The zero-order valence-corrected chi connectivity index (χ0v) is 16.1. The number of aliphatic hydroxyl groups excluding tert-OH is 1. The van der Waals surface area contributed by atoms with E-state index in [1.807, 2.05) is 0 Å². The van der Waals surface area contributed by atoms with Gasteiger partial charge in [-0.1, -0.05) is 13.8 Å². The maximum absolute atomic E-state index is 11.4. The Hall–Kier alpha value is -3.31. The van der Waals surface area contributed by atoms with Gasteiger partial charge in [-0.3, -0.25) is 9.59 Å². The molecule has 0 rings (SSSR count). The van der Waals surface area contributed by atoms with Gasteiger partial charge in [-0.15, -0.1) is 0 Å². The number of carbonyl (C=O) groups is 5. The zero-order chi connectivity index (χ0) is 23.0. The van der Waals surface area contributed by atoms with Gasteiger partial charge in [-0.25, -0.2) is 24.2 Å². The molecule has 0 saturated carbocycles. The largest absolute Gasteiger partial charge is 0.481 e. The van der Waals surface area contributed by atoms with Gasteiger partial charge in [0.2, 0.25) is 6.08 Å². The van der Waals surface area contributed by atoms with E-state index < -0.39 is 54.5 Å². The summed E-state index contributed by atoms with van der Waals surface area (Å²) in [6, 6.07) is 0. The van der Waals surface area contributed by atoms with E-state index in [0.29, 0.717) is 6.42 Å². The maximum Gasteiger partial charge on any atom is 0.414 e. The Morgan fingerprint density at radius 2 is 1.62 bits per heavy atom. The van der Waals surface area contributed by atoms with Crippen LogP contribution in [-0.4, -0.2) is 77.2 Å². The Kier molecular flexibility index (Phi) is 15.1. The van der Waals surface area contributed by atoms with Crippen LogP contribution in [0.4, 0.5) is 4.79 Å². The molecule has 13 nitrogen and oxygen atoms in total. The molecule has 0 heterocycles. The van der Waals surface area contributed by atoms with Gasteiger partial charge < -0.3 is 30.1 Å². The molecule has 0 spiro atoms. The van der Waals surface area contributed by atoms with Crippen molar-refractivity contribution >= 4 is 36.1 Å². The average molecular weight is 420 g/mol. The number of carbonyl (C=O) groups excluding carboxylic acids is 4. The molecule has 0 saturated heterocycles. The average Bonchev–Trinajstić information content (AvgIpc) is 2.66. The van der Waals surface area contributed by atoms with Crippen LogP contribution in [0, 0.1) is 11.8 Å². The molecule has 4 N–H and O–H groups in total. The van der Waals surface area contributed by atoms with Gasteiger partial charge in [-0.05, 0) is 13.3 Å². The van der Waals surface area contributed by atoms with Crippen LogP contribution in [0.5, 0.6) is 0 Å². The standard InChI is InChI=1S/C11H16N2O6.C5H8O5/c1-7(9(15)16)8(2)10(17)19-11(18)13-5-3-4-12-6-14;1-3(5(8)9)10-4(7)2-6/h7-8H,3-5H2,1-2H3,(H,13,18)(H,15,16);3,6H,2H2,1H3,(H,8,9). The Bertz CT molecular complexity index is 628. The number of rotatable bonds is 10. The number of amides is 1. The lowest BCUT2D eigenvalue weighted by atomic mass is 9.96. The molecule has 0 aliphatic rings. The molecule has 0 aliphatic heterocycles. The van der Waals surface area contributed by atoms with Gasteiger partial charge in [0, 0.05) is 6.54 Å². The van der Waals surface area contributed by atoms with E-state index in [9.17, 15) is 28.8 Å². The van der Waals surface area contributed by atoms with Crippen molar-refractivity contribution in [1.82, 2.24) is 5.32 Å². The number of isocyanates is 1. The normalized spacial score (nSPS) is 12.6. The number of hydrogen-bond donors (Lipinski definition) is 4. The first-order chi connectivity index (χ1) is 13.5. The molecule has 3 unspecified atom stereocenters. The number of aliphatic imine (C=N–C) groups is 1. The molecule has 3 atom stereocenters. The first-order valence-corrected chi connectivity index (χ1v) is 8.26. The quantitative estimate of drug-likeness (QED) is 0.114. The Labute approximate surface area is 165 Å². The molecule has 0 aliphatic carbocycles. The van der Waals surface area contributed by atoms with Gasteiger partial charge in [0.25, 0.3) is 0 Å². The number of alkyl carbamates (subject to hydrolysis) is 1. The van der Waals surface area contributed by atoms with Crippen molar-refractivity contribution in [2.45, 2.75) is 33.3 Å². The second kappa shape index (κ2) is 15.7. The first kappa shape index (κ1) is 27.9. The zero-order valence-electron chi connectivity index (χ0n) is 16.1. The number of ether oxygens (including phenoxy) is 2. The number of esters is 2. The minimum atomic E-state index is -1.23. The van der Waals surface area contributed by atoms with Crippen molar-refractivity contribution in [1.29, 1.82) is 0 Å². The lowest BCUT2D eigenvalue weighted by molar-refractivity contribution is -0.164. The predicted molar refractivity (Wildman–Crippen MR) is 93.3 cm³/mol. The number of nitrogens with one attached hydrogen (secondary N) is 1.